The maximum absolute atomic E-state index is 12.4. The second-order valence-corrected chi connectivity index (χ2v) is 7.38. The zero-order valence-corrected chi connectivity index (χ0v) is 15.1. The number of thiazole rings is 1. The summed E-state index contributed by atoms with van der Waals surface area (Å²) < 4.78 is 13.1. The molecule has 0 unspecified atom stereocenters. The Bertz CT molecular complexity index is 1030. The summed E-state index contributed by atoms with van der Waals surface area (Å²) in [6.07, 6.45) is 0. The number of esters is 1. The van der Waals surface area contributed by atoms with Gasteiger partial charge in [-0.25, -0.2) is 9.78 Å². The van der Waals surface area contributed by atoms with E-state index in [0.717, 1.165) is 30.6 Å². The van der Waals surface area contributed by atoms with Crippen LogP contribution < -0.4 is 0 Å². The lowest BCUT2D eigenvalue weighted by molar-refractivity contribution is 0.0437. The van der Waals surface area contributed by atoms with Crippen molar-refractivity contribution in [3.8, 4) is 0 Å². The number of halogens is 1. The van der Waals surface area contributed by atoms with E-state index in [1.807, 2.05) is 49.4 Å². The Kier molecular flexibility index (Phi) is 3.86. The van der Waals surface area contributed by atoms with Crippen LogP contribution in [-0.2, 0) is 11.3 Å². The number of hydrogen-bond acceptors (Lipinski definition) is 5. The molecule has 24 heavy (non-hydrogen) atoms. The minimum atomic E-state index is -0.473. The van der Waals surface area contributed by atoms with Crippen LogP contribution in [0.1, 0.15) is 21.1 Å². The summed E-state index contributed by atoms with van der Waals surface area (Å²) in [5.41, 5.74) is 2.36. The molecule has 4 aromatic rings. The van der Waals surface area contributed by atoms with E-state index < -0.39 is 5.97 Å². The average molecular weight is 402 g/mol. The predicted molar refractivity (Wildman–Crippen MR) is 97.4 cm³/mol. The highest BCUT2D eigenvalue weighted by Crippen LogP contribution is 2.29. The number of para-hydroxylation sites is 1. The second kappa shape index (κ2) is 6.03. The Morgan fingerprint density at radius 2 is 2.12 bits per heavy atom. The van der Waals surface area contributed by atoms with Crippen molar-refractivity contribution in [2.75, 3.05) is 0 Å². The van der Waals surface area contributed by atoms with E-state index in [2.05, 4.69) is 20.9 Å². The topological polar surface area (TPSA) is 52.3 Å². The molecule has 4 nitrogen and oxygen atoms in total. The number of ether oxygens (including phenoxy) is 1. The summed E-state index contributed by atoms with van der Waals surface area (Å²) in [5.74, 6) is -0.233. The maximum atomic E-state index is 12.4. The van der Waals surface area contributed by atoms with Gasteiger partial charge in [0.15, 0.2) is 0 Å². The largest absolute Gasteiger partial charge is 0.452 e. The fourth-order valence-electron chi connectivity index (χ4n) is 2.56. The molecule has 0 aliphatic carbocycles. The lowest BCUT2D eigenvalue weighted by Gasteiger charge is -2.00. The maximum Gasteiger partial charge on any atom is 0.374 e. The van der Waals surface area contributed by atoms with Crippen molar-refractivity contribution in [2.24, 2.45) is 0 Å². The molecule has 2 heterocycles. The number of rotatable bonds is 3. The van der Waals surface area contributed by atoms with Gasteiger partial charge in [0, 0.05) is 15.4 Å². The van der Waals surface area contributed by atoms with Crippen molar-refractivity contribution in [2.45, 2.75) is 13.5 Å². The Labute approximate surface area is 150 Å². The van der Waals surface area contributed by atoms with Gasteiger partial charge >= 0.3 is 5.97 Å². The minimum Gasteiger partial charge on any atom is -0.452 e. The van der Waals surface area contributed by atoms with E-state index in [9.17, 15) is 4.79 Å². The van der Waals surface area contributed by atoms with Crippen LogP contribution in [0.25, 0.3) is 21.2 Å². The molecule has 0 bridgehead atoms. The summed E-state index contributed by atoms with van der Waals surface area (Å²) in [7, 11) is 0. The zero-order chi connectivity index (χ0) is 16.7. The molecule has 2 aromatic heterocycles. The van der Waals surface area contributed by atoms with Gasteiger partial charge in [-0.1, -0.05) is 28.1 Å². The van der Waals surface area contributed by atoms with E-state index in [4.69, 9.17) is 9.15 Å². The highest BCUT2D eigenvalue weighted by atomic mass is 79.9. The van der Waals surface area contributed by atoms with Gasteiger partial charge in [-0.3, -0.25) is 0 Å². The normalized spacial score (nSPS) is 11.2. The standard InChI is InChI=1S/C18H12BrNO3S/c1-10-12-8-11(19)6-7-14(12)23-17(10)18(21)22-9-16-20-13-4-2-3-5-15(13)24-16/h2-8H,9H2,1H3. The molecular weight excluding hydrogens is 390 g/mol. The Morgan fingerprint density at radius 1 is 1.29 bits per heavy atom. The van der Waals surface area contributed by atoms with Crippen molar-refractivity contribution in [1.29, 1.82) is 0 Å². The van der Waals surface area contributed by atoms with Crippen LogP contribution in [0.5, 0.6) is 0 Å². The Balaban J connectivity index is 1.56. The number of hydrogen-bond donors (Lipinski definition) is 0. The number of fused-ring (bicyclic) bond motifs is 2. The zero-order valence-electron chi connectivity index (χ0n) is 12.7. The van der Waals surface area contributed by atoms with E-state index >= 15 is 0 Å². The van der Waals surface area contributed by atoms with Crippen LogP contribution in [0, 0.1) is 6.92 Å². The first-order valence-electron chi connectivity index (χ1n) is 7.32. The molecule has 0 saturated carbocycles. The van der Waals surface area contributed by atoms with Crippen LogP contribution in [0.15, 0.2) is 51.4 Å². The molecule has 0 spiro atoms. The van der Waals surface area contributed by atoms with Gasteiger partial charge < -0.3 is 9.15 Å². The third-order valence-corrected chi connectivity index (χ3v) is 5.25. The molecule has 6 heteroatoms. The molecular formula is C18H12BrNO3S. The van der Waals surface area contributed by atoms with Gasteiger partial charge in [0.2, 0.25) is 5.76 Å². The lowest BCUT2D eigenvalue weighted by Crippen LogP contribution is -2.05. The third-order valence-electron chi connectivity index (χ3n) is 3.75. The quantitative estimate of drug-likeness (QED) is 0.427. The first-order chi connectivity index (χ1) is 11.6. The number of benzene rings is 2. The SMILES string of the molecule is Cc1c(C(=O)OCc2nc3ccccc3s2)oc2ccc(Br)cc12. The lowest BCUT2D eigenvalue weighted by atomic mass is 10.1. The van der Waals surface area contributed by atoms with Crippen molar-refractivity contribution >= 4 is 54.4 Å². The molecule has 2 aromatic carbocycles. The van der Waals surface area contributed by atoms with E-state index in [1.165, 1.54) is 11.3 Å². The summed E-state index contributed by atoms with van der Waals surface area (Å²) in [4.78, 5) is 16.8. The van der Waals surface area contributed by atoms with Gasteiger partial charge in [0.05, 0.1) is 10.2 Å². The number of aryl methyl sites for hydroxylation is 1. The molecule has 0 saturated heterocycles. The molecule has 0 radical (unpaired) electrons. The van der Waals surface area contributed by atoms with Crippen LogP contribution >= 0.6 is 27.3 Å². The molecule has 0 amide bonds. The number of carbonyl (C=O) groups is 1. The highest BCUT2D eigenvalue weighted by Gasteiger charge is 2.19. The summed E-state index contributed by atoms with van der Waals surface area (Å²) in [6, 6.07) is 13.5. The monoisotopic (exact) mass is 401 g/mol. The second-order valence-electron chi connectivity index (χ2n) is 5.35. The van der Waals surface area contributed by atoms with E-state index in [0.29, 0.717) is 5.58 Å². The van der Waals surface area contributed by atoms with Crippen molar-refractivity contribution < 1.29 is 13.9 Å². The Morgan fingerprint density at radius 3 is 2.96 bits per heavy atom. The molecule has 120 valence electrons. The summed E-state index contributed by atoms with van der Waals surface area (Å²) in [5, 5.41) is 1.66. The van der Waals surface area contributed by atoms with Crippen molar-refractivity contribution in [3.05, 3.63) is 63.3 Å². The van der Waals surface area contributed by atoms with Gasteiger partial charge in [-0.2, -0.15) is 0 Å². The summed E-state index contributed by atoms with van der Waals surface area (Å²) in [6.45, 7) is 1.99. The first-order valence-corrected chi connectivity index (χ1v) is 8.93. The predicted octanol–water partition coefficient (Wildman–Crippen LogP) is 5.47. The number of nitrogens with zero attached hydrogens (tertiary/aromatic N) is 1. The molecule has 0 aliphatic heterocycles. The van der Waals surface area contributed by atoms with E-state index in [-0.39, 0.29) is 12.4 Å². The highest BCUT2D eigenvalue weighted by molar-refractivity contribution is 9.10. The summed E-state index contributed by atoms with van der Waals surface area (Å²) >= 11 is 4.95. The van der Waals surface area contributed by atoms with Crippen LogP contribution in [-0.4, -0.2) is 11.0 Å². The van der Waals surface area contributed by atoms with Crippen molar-refractivity contribution in [1.82, 2.24) is 4.98 Å². The van der Waals surface area contributed by atoms with Gasteiger partial charge in [0.1, 0.15) is 17.2 Å². The Hall–Kier alpha value is -2.18. The van der Waals surface area contributed by atoms with Gasteiger partial charge in [-0.15, -0.1) is 11.3 Å². The molecule has 0 atom stereocenters. The van der Waals surface area contributed by atoms with E-state index in [1.54, 1.807) is 0 Å². The van der Waals surface area contributed by atoms with Crippen LogP contribution in [0.3, 0.4) is 0 Å². The number of furan rings is 1. The molecule has 4 rings (SSSR count). The van der Waals surface area contributed by atoms with Gasteiger partial charge in [-0.05, 0) is 37.3 Å². The molecule has 0 N–H and O–H groups in total. The number of aromatic nitrogens is 1. The fraction of sp³-hybridized carbons (Fsp3) is 0.111. The van der Waals surface area contributed by atoms with Gasteiger partial charge in [0.25, 0.3) is 0 Å². The average Bonchev–Trinajstić information content (AvgIpc) is 3.14. The number of carbonyl (C=O) groups excluding carboxylic acids is 1. The fourth-order valence-corrected chi connectivity index (χ4v) is 3.80. The molecule has 0 fully saturated rings. The van der Waals surface area contributed by atoms with Crippen LogP contribution in [0.4, 0.5) is 0 Å². The minimum absolute atomic E-state index is 0.137. The first kappa shape index (κ1) is 15.4. The van der Waals surface area contributed by atoms with Crippen molar-refractivity contribution in [3.63, 3.8) is 0 Å². The third kappa shape index (κ3) is 2.72. The smallest absolute Gasteiger partial charge is 0.374 e. The molecule has 0 aliphatic rings. The van der Waals surface area contributed by atoms with Crippen LogP contribution in [0.2, 0.25) is 0 Å².